The first-order valence-corrected chi connectivity index (χ1v) is 6.99. The van der Waals surface area contributed by atoms with Crippen molar-refractivity contribution in [1.29, 1.82) is 0 Å². The molecule has 2 rings (SSSR count). The predicted octanol–water partition coefficient (Wildman–Crippen LogP) is 3.49. The minimum atomic E-state index is 0.0386. The number of nitrogens with zero attached hydrogens (tertiary/aromatic N) is 1. The molecule has 0 aliphatic carbocycles. The number of hydrogen-bond acceptors (Lipinski definition) is 3. The van der Waals surface area contributed by atoms with E-state index in [1.165, 1.54) is 5.56 Å². The van der Waals surface area contributed by atoms with E-state index in [1.54, 1.807) is 6.20 Å². The highest BCUT2D eigenvalue weighted by molar-refractivity contribution is 5.47. The van der Waals surface area contributed by atoms with Crippen LogP contribution >= 0.6 is 0 Å². The zero-order valence-electron chi connectivity index (χ0n) is 12.4. The third-order valence-electron chi connectivity index (χ3n) is 3.37. The molecule has 0 aliphatic heterocycles. The van der Waals surface area contributed by atoms with Crippen LogP contribution in [0.3, 0.4) is 0 Å². The molecular weight excluding hydrogens is 246 g/mol. The Hall–Kier alpha value is -1.87. The lowest BCUT2D eigenvalue weighted by molar-refractivity contribution is 0.590. The maximum absolute atomic E-state index is 5.85. The average Bonchev–Trinajstić information content (AvgIpc) is 2.45. The molecule has 1 heterocycles. The van der Waals surface area contributed by atoms with E-state index in [2.05, 4.69) is 55.3 Å². The van der Waals surface area contributed by atoms with Gasteiger partial charge in [0.1, 0.15) is 0 Å². The van der Waals surface area contributed by atoms with Crippen LogP contribution in [0.5, 0.6) is 0 Å². The Morgan fingerprint density at radius 2 is 1.80 bits per heavy atom. The van der Waals surface area contributed by atoms with Crippen molar-refractivity contribution in [2.24, 2.45) is 5.73 Å². The van der Waals surface area contributed by atoms with E-state index < -0.39 is 0 Å². The fourth-order valence-electron chi connectivity index (χ4n) is 2.10. The van der Waals surface area contributed by atoms with Gasteiger partial charge in [0, 0.05) is 18.4 Å². The molecule has 0 amide bonds. The number of hydrogen-bond donors (Lipinski definition) is 2. The van der Waals surface area contributed by atoms with E-state index >= 15 is 0 Å². The van der Waals surface area contributed by atoms with Crippen LogP contribution in [0.4, 0.5) is 5.69 Å². The summed E-state index contributed by atoms with van der Waals surface area (Å²) >= 11 is 0. The third kappa shape index (κ3) is 3.58. The highest BCUT2D eigenvalue weighted by Gasteiger charge is 2.14. The largest absolute Gasteiger partial charge is 0.375 e. The Labute approximate surface area is 121 Å². The van der Waals surface area contributed by atoms with Gasteiger partial charge in [-0.2, -0.15) is 0 Å². The first-order valence-electron chi connectivity index (χ1n) is 6.99. The number of aromatic nitrogens is 1. The van der Waals surface area contributed by atoms with E-state index in [9.17, 15) is 0 Å². The third-order valence-corrected chi connectivity index (χ3v) is 3.37. The molecule has 3 nitrogen and oxygen atoms in total. The summed E-state index contributed by atoms with van der Waals surface area (Å²) in [4.78, 5) is 4.36. The first kappa shape index (κ1) is 14.5. The molecule has 2 aromatic rings. The molecule has 1 aromatic heterocycles. The van der Waals surface area contributed by atoms with Crippen molar-refractivity contribution >= 4 is 5.69 Å². The monoisotopic (exact) mass is 269 g/mol. The van der Waals surface area contributed by atoms with Crippen LogP contribution in [-0.4, -0.2) is 11.5 Å². The van der Waals surface area contributed by atoms with E-state index in [0.717, 1.165) is 11.4 Å². The van der Waals surface area contributed by atoms with Crippen LogP contribution in [0.2, 0.25) is 0 Å². The Morgan fingerprint density at radius 3 is 2.30 bits per heavy atom. The zero-order chi connectivity index (χ0) is 14.6. The summed E-state index contributed by atoms with van der Waals surface area (Å²) in [6, 6.07) is 14.5. The summed E-state index contributed by atoms with van der Waals surface area (Å²) < 4.78 is 0. The lowest BCUT2D eigenvalue weighted by Gasteiger charge is -2.21. The minimum Gasteiger partial charge on any atom is -0.375 e. The second kappa shape index (κ2) is 6.06. The van der Waals surface area contributed by atoms with Gasteiger partial charge in [0.2, 0.25) is 0 Å². The molecule has 0 spiro atoms. The van der Waals surface area contributed by atoms with Gasteiger partial charge in [-0.3, -0.25) is 4.98 Å². The normalized spacial score (nSPS) is 13.0. The zero-order valence-corrected chi connectivity index (χ0v) is 12.4. The van der Waals surface area contributed by atoms with Crippen LogP contribution < -0.4 is 11.1 Å². The highest BCUT2D eigenvalue weighted by Crippen LogP contribution is 2.24. The van der Waals surface area contributed by atoms with E-state index in [0.29, 0.717) is 6.54 Å². The van der Waals surface area contributed by atoms with Crippen molar-refractivity contribution < 1.29 is 0 Å². The molecule has 0 fully saturated rings. The van der Waals surface area contributed by atoms with Gasteiger partial charge < -0.3 is 11.1 Å². The molecule has 3 heteroatoms. The van der Waals surface area contributed by atoms with Crippen LogP contribution in [0.15, 0.2) is 48.7 Å². The molecule has 0 aliphatic rings. The van der Waals surface area contributed by atoms with E-state index in [4.69, 9.17) is 5.73 Å². The van der Waals surface area contributed by atoms with Crippen molar-refractivity contribution in [2.75, 3.05) is 11.9 Å². The lowest BCUT2D eigenvalue weighted by atomic mass is 9.87. The van der Waals surface area contributed by atoms with E-state index in [1.807, 2.05) is 18.2 Å². The maximum atomic E-state index is 5.85. The SMILES string of the molecule is CC(C)(C)c1ccc(NC(CN)c2ccccn2)cc1. The molecule has 0 saturated carbocycles. The van der Waals surface area contributed by atoms with E-state index in [-0.39, 0.29) is 11.5 Å². The molecule has 1 aromatic carbocycles. The Morgan fingerprint density at radius 1 is 1.10 bits per heavy atom. The second-order valence-corrected chi connectivity index (χ2v) is 6.01. The minimum absolute atomic E-state index is 0.0386. The molecular formula is C17H23N3. The van der Waals surface area contributed by atoms with Crippen LogP contribution in [0.1, 0.15) is 38.1 Å². The quantitative estimate of drug-likeness (QED) is 0.893. The van der Waals surface area contributed by atoms with Crippen molar-refractivity contribution in [3.8, 4) is 0 Å². The summed E-state index contributed by atoms with van der Waals surface area (Å²) in [7, 11) is 0. The number of benzene rings is 1. The second-order valence-electron chi connectivity index (χ2n) is 6.01. The van der Waals surface area contributed by atoms with Gasteiger partial charge in [0.25, 0.3) is 0 Å². The summed E-state index contributed by atoms with van der Waals surface area (Å²) in [5, 5.41) is 3.44. The van der Waals surface area contributed by atoms with Gasteiger partial charge >= 0.3 is 0 Å². The van der Waals surface area contributed by atoms with Gasteiger partial charge in [-0.25, -0.2) is 0 Å². The van der Waals surface area contributed by atoms with Crippen LogP contribution in [0.25, 0.3) is 0 Å². The summed E-state index contributed by atoms with van der Waals surface area (Å²) in [5.74, 6) is 0. The molecule has 0 saturated heterocycles. The van der Waals surface area contributed by atoms with Crippen molar-refractivity contribution in [1.82, 2.24) is 4.98 Å². The number of rotatable bonds is 4. The van der Waals surface area contributed by atoms with Crippen LogP contribution in [-0.2, 0) is 5.41 Å². The van der Waals surface area contributed by atoms with Crippen LogP contribution in [0, 0.1) is 0 Å². The smallest absolute Gasteiger partial charge is 0.0807 e. The Kier molecular flexibility index (Phi) is 4.40. The number of nitrogens with two attached hydrogens (primary N) is 1. The summed E-state index contributed by atoms with van der Waals surface area (Å²) in [5.41, 5.74) is 9.38. The summed E-state index contributed by atoms with van der Waals surface area (Å²) in [6.45, 7) is 7.15. The molecule has 0 radical (unpaired) electrons. The van der Waals surface area contributed by atoms with Gasteiger partial charge in [-0.05, 0) is 35.2 Å². The molecule has 1 unspecified atom stereocenters. The molecule has 1 atom stereocenters. The summed E-state index contributed by atoms with van der Waals surface area (Å²) in [6.07, 6.45) is 1.79. The molecule has 3 N–H and O–H groups in total. The fourth-order valence-corrected chi connectivity index (χ4v) is 2.10. The Balaban J connectivity index is 2.13. The van der Waals surface area contributed by atoms with Gasteiger partial charge in [0.05, 0.1) is 11.7 Å². The molecule has 106 valence electrons. The Bertz CT molecular complexity index is 526. The fraction of sp³-hybridized carbons (Fsp3) is 0.353. The van der Waals surface area contributed by atoms with Gasteiger partial charge in [-0.1, -0.05) is 39.0 Å². The van der Waals surface area contributed by atoms with Gasteiger partial charge in [0.15, 0.2) is 0 Å². The molecule has 0 bridgehead atoms. The standard InChI is InChI=1S/C17H23N3/c1-17(2,3)13-7-9-14(10-8-13)20-16(12-18)15-6-4-5-11-19-15/h4-11,16,20H,12,18H2,1-3H3. The highest BCUT2D eigenvalue weighted by atomic mass is 15.0. The van der Waals surface area contributed by atoms with Crippen molar-refractivity contribution in [3.63, 3.8) is 0 Å². The predicted molar refractivity (Wildman–Crippen MR) is 84.8 cm³/mol. The average molecular weight is 269 g/mol. The number of pyridine rings is 1. The maximum Gasteiger partial charge on any atom is 0.0807 e. The molecule has 20 heavy (non-hydrogen) atoms. The van der Waals surface area contributed by atoms with Gasteiger partial charge in [-0.15, -0.1) is 0 Å². The number of nitrogens with one attached hydrogen (secondary N) is 1. The van der Waals surface area contributed by atoms with Crippen molar-refractivity contribution in [2.45, 2.75) is 32.2 Å². The lowest BCUT2D eigenvalue weighted by Crippen LogP contribution is -2.21. The number of anilines is 1. The van der Waals surface area contributed by atoms with Crippen molar-refractivity contribution in [3.05, 3.63) is 59.9 Å². The topological polar surface area (TPSA) is 50.9 Å². The first-order chi connectivity index (χ1) is 9.50.